The molecule has 1 aromatic carbocycles. The highest BCUT2D eigenvalue weighted by molar-refractivity contribution is 9.10. The van der Waals surface area contributed by atoms with Gasteiger partial charge in [0.05, 0.1) is 23.0 Å². The Kier molecular flexibility index (Phi) is 3.14. The third-order valence-corrected chi connectivity index (χ3v) is 4.83. The third-order valence-electron chi connectivity index (χ3n) is 3.08. The molecule has 0 bridgehead atoms. The zero-order valence-corrected chi connectivity index (χ0v) is 12.9. The fraction of sp³-hybridized carbons (Fsp3) is 0.231. The van der Waals surface area contributed by atoms with E-state index in [-0.39, 0.29) is 11.2 Å². The van der Waals surface area contributed by atoms with Gasteiger partial charge >= 0.3 is 0 Å². The summed E-state index contributed by atoms with van der Waals surface area (Å²) in [6, 6.07) is 6.09. The summed E-state index contributed by atoms with van der Waals surface area (Å²) in [6.45, 7) is 1.91. The molecule has 1 amide bonds. The molecule has 2 heterocycles. The molecule has 3 rings (SSSR count). The Labute approximate surface area is 123 Å². The molecular weight excluding hydrogens is 326 g/mol. The third kappa shape index (κ3) is 2.19. The number of anilines is 1. The molecule has 0 fully saturated rings. The van der Waals surface area contributed by atoms with Crippen LogP contribution in [0, 0.1) is 0 Å². The molecule has 1 aromatic heterocycles. The Morgan fingerprint density at radius 2 is 2.26 bits per heavy atom. The SMILES string of the molecule is CC1Sc2ccc(-c3c(Br)ncn3C)cc2NC1=O. The second kappa shape index (κ2) is 4.68. The first-order chi connectivity index (χ1) is 9.06. The molecule has 2 aromatic rings. The number of benzene rings is 1. The van der Waals surface area contributed by atoms with Crippen LogP contribution in [0.1, 0.15) is 6.92 Å². The van der Waals surface area contributed by atoms with E-state index in [1.54, 1.807) is 18.1 Å². The smallest absolute Gasteiger partial charge is 0.237 e. The topological polar surface area (TPSA) is 46.9 Å². The second-order valence-corrected chi connectivity index (χ2v) is 6.59. The van der Waals surface area contributed by atoms with Crippen LogP contribution in [0.5, 0.6) is 0 Å². The molecular formula is C13H12BrN3OS. The van der Waals surface area contributed by atoms with Crippen molar-refractivity contribution in [1.82, 2.24) is 9.55 Å². The van der Waals surface area contributed by atoms with Gasteiger partial charge in [0.25, 0.3) is 0 Å². The van der Waals surface area contributed by atoms with Gasteiger partial charge in [-0.3, -0.25) is 4.79 Å². The Hall–Kier alpha value is -1.27. The predicted octanol–water partition coefficient (Wildman–Crippen LogP) is 3.28. The molecule has 4 nitrogen and oxygen atoms in total. The first-order valence-electron chi connectivity index (χ1n) is 5.85. The van der Waals surface area contributed by atoms with Crippen LogP contribution in [0.2, 0.25) is 0 Å². The minimum absolute atomic E-state index is 0.0400. The summed E-state index contributed by atoms with van der Waals surface area (Å²) in [5, 5.41) is 2.91. The summed E-state index contributed by atoms with van der Waals surface area (Å²) in [6.07, 6.45) is 1.76. The van der Waals surface area contributed by atoms with Gasteiger partial charge in [-0.2, -0.15) is 0 Å². The molecule has 0 saturated heterocycles. The summed E-state index contributed by atoms with van der Waals surface area (Å²) in [4.78, 5) is 17.1. The monoisotopic (exact) mass is 337 g/mol. The number of nitrogens with zero attached hydrogens (tertiary/aromatic N) is 2. The van der Waals surface area contributed by atoms with E-state index in [0.29, 0.717) is 0 Å². The Morgan fingerprint density at radius 3 is 2.95 bits per heavy atom. The minimum atomic E-state index is -0.0400. The van der Waals surface area contributed by atoms with Crippen LogP contribution in [-0.2, 0) is 11.8 Å². The van der Waals surface area contributed by atoms with Crippen molar-refractivity contribution in [3.05, 3.63) is 29.1 Å². The van der Waals surface area contributed by atoms with Crippen LogP contribution in [-0.4, -0.2) is 20.7 Å². The molecule has 0 spiro atoms. The molecule has 1 atom stereocenters. The van der Waals surface area contributed by atoms with Crippen molar-refractivity contribution in [3.8, 4) is 11.3 Å². The lowest BCUT2D eigenvalue weighted by atomic mass is 10.1. The zero-order chi connectivity index (χ0) is 13.6. The van der Waals surface area contributed by atoms with E-state index in [1.807, 2.05) is 30.7 Å². The molecule has 1 unspecified atom stereocenters. The van der Waals surface area contributed by atoms with E-state index in [2.05, 4.69) is 32.3 Å². The lowest BCUT2D eigenvalue weighted by Gasteiger charge is -2.22. The lowest BCUT2D eigenvalue weighted by Crippen LogP contribution is -2.26. The predicted molar refractivity (Wildman–Crippen MR) is 80.3 cm³/mol. The number of rotatable bonds is 1. The van der Waals surface area contributed by atoms with E-state index in [1.165, 1.54) is 0 Å². The molecule has 0 aliphatic carbocycles. The first-order valence-corrected chi connectivity index (χ1v) is 7.52. The Bertz CT molecular complexity index is 648. The maximum Gasteiger partial charge on any atom is 0.237 e. The van der Waals surface area contributed by atoms with Crippen molar-refractivity contribution in [2.75, 3.05) is 5.32 Å². The van der Waals surface area contributed by atoms with E-state index >= 15 is 0 Å². The fourth-order valence-corrected chi connectivity index (χ4v) is 3.61. The average molecular weight is 338 g/mol. The highest BCUT2D eigenvalue weighted by Gasteiger charge is 2.23. The highest BCUT2D eigenvalue weighted by atomic mass is 79.9. The number of halogens is 1. The minimum Gasteiger partial charge on any atom is -0.333 e. The van der Waals surface area contributed by atoms with Crippen LogP contribution >= 0.6 is 27.7 Å². The number of carbonyl (C=O) groups excluding carboxylic acids is 1. The molecule has 1 N–H and O–H groups in total. The summed E-state index contributed by atoms with van der Waals surface area (Å²) < 4.78 is 2.75. The van der Waals surface area contributed by atoms with Crippen LogP contribution < -0.4 is 5.32 Å². The average Bonchev–Trinajstić information content (AvgIpc) is 2.70. The summed E-state index contributed by atoms with van der Waals surface area (Å²) in [5.41, 5.74) is 2.90. The summed E-state index contributed by atoms with van der Waals surface area (Å²) >= 11 is 5.03. The van der Waals surface area contributed by atoms with Crippen LogP contribution in [0.15, 0.2) is 34.0 Å². The van der Waals surface area contributed by atoms with E-state index in [0.717, 1.165) is 26.4 Å². The normalized spacial score (nSPS) is 18.1. The number of nitrogens with one attached hydrogen (secondary N) is 1. The standard InChI is InChI=1S/C13H12BrN3OS/c1-7-13(18)16-9-5-8(3-4-10(9)19-7)11-12(14)15-6-17(11)2/h3-7H,1-2H3,(H,16,18). The second-order valence-electron chi connectivity index (χ2n) is 4.46. The Balaban J connectivity index is 2.08. The fourth-order valence-electron chi connectivity index (χ4n) is 2.08. The van der Waals surface area contributed by atoms with Crippen molar-refractivity contribution in [1.29, 1.82) is 0 Å². The van der Waals surface area contributed by atoms with Crippen molar-refractivity contribution in [2.45, 2.75) is 17.1 Å². The van der Waals surface area contributed by atoms with E-state index in [4.69, 9.17) is 0 Å². The van der Waals surface area contributed by atoms with Crippen molar-refractivity contribution < 1.29 is 4.79 Å². The van der Waals surface area contributed by atoms with Gasteiger partial charge in [0, 0.05) is 17.5 Å². The number of aryl methyl sites for hydroxylation is 1. The van der Waals surface area contributed by atoms with Crippen molar-refractivity contribution in [2.24, 2.45) is 7.05 Å². The van der Waals surface area contributed by atoms with Crippen LogP contribution in [0.25, 0.3) is 11.3 Å². The van der Waals surface area contributed by atoms with Gasteiger partial charge in [-0.15, -0.1) is 11.8 Å². The molecule has 1 aliphatic rings. The van der Waals surface area contributed by atoms with Gasteiger partial charge in [0.15, 0.2) is 0 Å². The number of hydrogen-bond acceptors (Lipinski definition) is 3. The van der Waals surface area contributed by atoms with Crippen molar-refractivity contribution >= 4 is 39.3 Å². The maximum absolute atomic E-state index is 11.7. The quantitative estimate of drug-likeness (QED) is 0.868. The molecule has 0 saturated carbocycles. The van der Waals surface area contributed by atoms with Crippen LogP contribution in [0.3, 0.4) is 0 Å². The van der Waals surface area contributed by atoms with Gasteiger partial charge in [-0.1, -0.05) is 6.07 Å². The summed E-state index contributed by atoms with van der Waals surface area (Å²) in [7, 11) is 1.95. The Morgan fingerprint density at radius 1 is 1.47 bits per heavy atom. The number of thioether (sulfide) groups is 1. The molecule has 0 radical (unpaired) electrons. The number of hydrogen-bond donors (Lipinski definition) is 1. The van der Waals surface area contributed by atoms with Gasteiger partial charge in [0.2, 0.25) is 5.91 Å². The van der Waals surface area contributed by atoms with Gasteiger partial charge < -0.3 is 9.88 Å². The maximum atomic E-state index is 11.7. The molecule has 6 heteroatoms. The lowest BCUT2D eigenvalue weighted by molar-refractivity contribution is -0.115. The van der Waals surface area contributed by atoms with Gasteiger partial charge in [-0.25, -0.2) is 4.98 Å². The van der Waals surface area contributed by atoms with Gasteiger partial charge in [0.1, 0.15) is 4.60 Å². The van der Waals surface area contributed by atoms with Crippen LogP contribution in [0.4, 0.5) is 5.69 Å². The number of amides is 1. The number of carbonyl (C=O) groups is 1. The van der Waals surface area contributed by atoms with E-state index in [9.17, 15) is 4.79 Å². The highest BCUT2D eigenvalue weighted by Crippen LogP contribution is 2.38. The number of aromatic nitrogens is 2. The zero-order valence-electron chi connectivity index (χ0n) is 10.5. The molecule has 19 heavy (non-hydrogen) atoms. The van der Waals surface area contributed by atoms with Gasteiger partial charge in [-0.05, 0) is 35.0 Å². The molecule has 98 valence electrons. The summed E-state index contributed by atoms with van der Waals surface area (Å²) in [5.74, 6) is 0.0544. The number of imidazole rings is 1. The molecule has 1 aliphatic heterocycles. The van der Waals surface area contributed by atoms with E-state index < -0.39 is 0 Å². The first kappa shape index (κ1) is 12.7. The largest absolute Gasteiger partial charge is 0.333 e. The number of fused-ring (bicyclic) bond motifs is 1. The van der Waals surface area contributed by atoms with Crippen molar-refractivity contribution in [3.63, 3.8) is 0 Å².